The van der Waals surface area contributed by atoms with Crippen LogP contribution in [0.3, 0.4) is 0 Å². The largest absolute Gasteiger partial charge is 0.309 e. The van der Waals surface area contributed by atoms with Crippen molar-refractivity contribution < 1.29 is 0 Å². The first kappa shape index (κ1) is 36.3. The summed E-state index contributed by atoms with van der Waals surface area (Å²) in [4.78, 5) is 20.7. The predicted octanol–water partition coefficient (Wildman–Crippen LogP) is 14.7. The van der Waals surface area contributed by atoms with Crippen LogP contribution in [-0.4, -0.2) is 24.5 Å². The van der Waals surface area contributed by atoms with Crippen LogP contribution in [0.5, 0.6) is 0 Å². The number of fused-ring (bicyclic) bond motifs is 6. The van der Waals surface area contributed by atoms with Gasteiger partial charge >= 0.3 is 0 Å². The number of hydrogen-bond donors (Lipinski definition) is 0. The van der Waals surface area contributed by atoms with Crippen LogP contribution in [0.25, 0.3) is 117 Å². The molecular weight excluding hydrogens is 767 g/mol. The Hall–Kier alpha value is -8.54. The monoisotopic (exact) mass is 803 g/mol. The molecule has 3 heterocycles. The van der Waals surface area contributed by atoms with Crippen molar-refractivity contribution in [2.45, 2.75) is 0 Å². The standard InChI is InChI=1S/C58H37N5/c1-4-16-38(17-5-1)46-26-15-27-50-54(46)49-35-32-43(37-51(49)59-55(50)39-18-6-2-7-19-39)42-22-14-23-44(36-42)58-61-56(40-20-8-3-9-21-40)60-57(62-58)41-30-33-45(34-31-41)63-52-28-12-10-24-47(52)48-25-11-13-29-53(48)63/h1-37H. The van der Waals surface area contributed by atoms with Crippen LogP contribution in [0.15, 0.2) is 224 Å². The van der Waals surface area contributed by atoms with Gasteiger partial charge in [-0.3, -0.25) is 0 Å². The van der Waals surface area contributed by atoms with Gasteiger partial charge in [-0.25, -0.2) is 19.9 Å². The van der Waals surface area contributed by atoms with Crippen LogP contribution >= 0.6 is 0 Å². The smallest absolute Gasteiger partial charge is 0.164 e. The summed E-state index contributed by atoms with van der Waals surface area (Å²) in [7, 11) is 0. The fourth-order valence-electron chi connectivity index (χ4n) is 9.06. The van der Waals surface area contributed by atoms with E-state index in [2.05, 4.69) is 199 Å². The van der Waals surface area contributed by atoms with Gasteiger partial charge < -0.3 is 4.57 Å². The zero-order valence-corrected chi connectivity index (χ0v) is 34.1. The molecule has 0 radical (unpaired) electrons. The minimum Gasteiger partial charge on any atom is -0.309 e. The first-order valence-electron chi connectivity index (χ1n) is 21.2. The van der Waals surface area contributed by atoms with Gasteiger partial charge in [0.15, 0.2) is 17.5 Å². The Balaban J connectivity index is 0.972. The summed E-state index contributed by atoms with van der Waals surface area (Å²) in [6.07, 6.45) is 0. The van der Waals surface area contributed by atoms with Gasteiger partial charge in [0.1, 0.15) is 0 Å². The van der Waals surface area contributed by atoms with Crippen molar-refractivity contribution in [1.29, 1.82) is 0 Å². The van der Waals surface area contributed by atoms with Gasteiger partial charge in [-0.15, -0.1) is 0 Å². The zero-order valence-electron chi connectivity index (χ0n) is 34.1. The van der Waals surface area contributed by atoms with Gasteiger partial charge in [-0.05, 0) is 70.8 Å². The summed E-state index contributed by atoms with van der Waals surface area (Å²) in [5.41, 5.74) is 13.6. The Morgan fingerprint density at radius 2 is 0.762 bits per heavy atom. The van der Waals surface area contributed by atoms with E-state index in [1.54, 1.807) is 0 Å². The van der Waals surface area contributed by atoms with Crippen molar-refractivity contribution >= 4 is 43.5 Å². The van der Waals surface area contributed by atoms with Gasteiger partial charge in [0.05, 0.1) is 22.2 Å². The van der Waals surface area contributed by atoms with Crippen molar-refractivity contribution in [2.75, 3.05) is 0 Å². The maximum Gasteiger partial charge on any atom is 0.164 e. The maximum absolute atomic E-state index is 5.38. The summed E-state index contributed by atoms with van der Waals surface area (Å²) in [6, 6.07) is 78.6. The lowest BCUT2D eigenvalue weighted by atomic mass is 9.92. The molecule has 3 aromatic heterocycles. The number of aromatic nitrogens is 5. The summed E-state index contributed by atoms with van der Waals surface area (Å²) < 4.78 is 2.32. The first-order chi connectivity index (χ1) is 31.2. The summed E-state index contributed by atoms with van der Waals surface area (Å²) >= 11 is 0. The van der Waals surface area contributed by atoms with E-state index < -0.39 is 0 Å². The lowest BCUT2D eigenvalue weighted by molar-refractivity contribution is 1.07. The highest BCUT2D eigenvalue weighted by molar-refractivity contribution is 6.17. The average Bonchev–Trinajstić information content (AvgIpc) is 3.71. The number of pyridine rings is 1. The maximum atomic E-state index is 5.38. The average molecular weight is 804 g/mol. The number of para-hydroxylation sites is 2. The van der Waals surface area contributed by atoms with Crippen molar-refractivity contribution in [3.8, 4) is 73.4 Å². The quantitative estimate of drug-likeness (QED) is 0.151. The molecule has 5 heteroatoms. The highest BCUT2D eigenvalue weighted by Crippen LogP contribution is 2.40. The van der Waals surface area contributed by atoms with Gasteiger partial charge in [-0.1, -0.05) is 176 Å². The van der Waals surface area contributed by atoms with E-state index in [1.165, 1.54) is 38.3 Å². The predicted molar refractivity (Wildman–Crippen MR) is 260 cm³/mol. The number of nitrogens with zero attached hydrogens (tertiary/aromatic N) is 5. The molecule has 0 saturated heterocycles. The first-order valence-corrected chi connectivity index (χ1v) is 21.2. The Labute approximate surface area is 364 Å². The molecule has 0 bridgehead atoms. The molecule has 0 aliphatic carbocycles. The van der Waals surface area contributed by atoms with E-state index in [-0.39, 0.29) is 0 Å². The van der Waals surface area contributed by atoms with Crippen LogP contribution in [0.2, 0.25) is 0 Å². The topological polar surface area (TPSA) is 56.5 Å². The second kappa shape index (κ2) is 15.2. The Bertz CT molecular complexity index is 3600. The molecular formula is C58H37N5. The van der Waals surface area contributed by atoms with E-state index >= 15 is 0 Å². The van der Waals surface area contributed by atoms with Gasteiger partial charge in [-0.2, -0.15) is 0 Å². The molecule has 0 atom stereocenters. The highest BCUT2D eigenvalue weighted by atomic mass is 15.0. The Kier molecular flexibility index (Phi) is 8.75. The molecule has 9 aromatic carbocycles. The van der Waals surface area contributed by atoms with Crippen molar-refractivity contribution in [3.05, 3.63) is 224 Å². The third kappa shape index (κ3) is 6.42. The molecule has 0 aliphatic rings. The third-order valence-corrected chi connectivity index (χ3v) is 12.0. The zero-order chi connectivity index (χ0) is 41.7. The number of benzene rings is 9. The van der Waals surface area contributed by atoms with E-state index in [1.807, 2.05) is 30.3 Å². The van der Waals surface area contributed by atoms with Crippen LogP contribution in [-0.2, 0) is 0 Å². The van der Waals surface area contributed by atoms with Crippen molar-refractivity contribution in [3.63, 3.8) is 0 Å². The van der Waals surface area contributed by atoms with Crippen molar-refractivity contribution in [2.24, 2.45) is 0 Å². The Morgan fingerprint density at radius 3 is 1.43 bits per heavy atom. The van der Waals surface area contributed by atoms with E-state index in [0.29, 0.717) is 17.5 Å². The molecule has 294 valence electrons. The van der Waals surface area contributed by atoms with Crippen LogP contribution in [0.1, 0.15) is 0 Å². The minimum absolute atomic E-state index is 0.607. The molecule has 0 amide bonds. The van der Waals surface area contributed by atoms with Crippen LogP contribution in [0.4, 0.5) is 0 Å². The summed E-state index contributed by atoms with van der Waals surface area (Å²) in [5.74, 6) is 1.84. The third-order valence-electron chi connectivity index (χ3n) is 12.0. The summed E-state index contributed by atoms with van der Waals surface area (Å²) in [5, 5.41) is 5.91. The van der Waals surface area contributed by atoms with Gasteiger partial charge in [0.25, 0.3) is 0 Å². The molecule has 0 spiro atoms. The highest BCUT2D eigenvalue weighted by Gasteiger charge is 2.18. The molecule has 5 nitrogen and oxygen atoms in total. The lowest BCUT2D eigenvalue weighted by Crippen LogP contribution is -2.00. The normalized spacial score (nSPS) is 11.5. The van der Waals surface area contributed by atoms with E-state index in [0.717, 1.165) is 61.1 Å². The summed E-state index contributed by atoms with van der Waals surface area (Å²) in [6.45, 7) is 0. The van der Waals surface area contributed by atoms with Crippen LogP contribution in [0, 0.1) is 0 Å². The fourth-order valence-corrected chi connectivity index (χ4v) is 9.06. The Morgan fingerprint density at radius 1 is 0.286 bits per heavy atom. The minimum atomic E-state index is 0.607. The lowest BCUT2D eigenvalue weighted by Gasteiger charge is -2.15. The number of hydrogen-bond acceptors (Lipinski definition) is 4. The molecule has 12 aromatic rings. The molecule has 63 heavy (non-hydrogen) atoms. The molecule has 0 aliphatic heterocycles. The van der Waals surface area contributed by atoms with Gasteiger partial charge in [0.2, 0.25) is 0 Å². The fraction of sp³-hybridized carbons (Fsp3) is 0. The van der Waals surface area contributed by atoms with E-state index in [9.17, 15) is 0 Å². The molecule has 0 N–H and O–H groups in total. The number of rotatable bonds is 7. The SMILES string of the molecule is c1ccc(-c2nc(-c3ccc(-n4c5ccccc5c5ccccc54)cc3)nc(-c3cccc(-c4ccc5c(c4)nc(-c4ccccc4)c4cccc(-c6ccccc6)c45)c3)n2)cc1. The second-order valence-electron chi connectivity index (χ2n) is 15.8. The molecule has 0 unspecified atom stereocenters. The second-order valence-corrected chi connectivity index (χ2v) is 15.8. The molecule has 0 saturated carbocycles. The van der Waals surface area contributed by atoms with E-state index in [4.69, 9.17) is 19.9 Å². The van der Waals surface area contributed by atoms with Crippen molar-refractivity contribution in [1.82, 2.24) is 24.5 Å². The molecule has 12 rings (SSSR count). The molecule has 0 fully saturated rings. The van der Waals surface area contributed by atoms with Gasteiger partial charge in [0, 0.05) is 54.9 Å². The van der Waals surface area contributed by atoms with Crippen LogP contribution < -0.4 is 0 Å².